The van der Waals surface area contributed by atoms with E-state index in [0.717, 1.165) is 0 Å². The zero-order chi connectivity index (χ0) is 20.3. The van der Waals surface area contributed by atoms with E-state index >= 15 is 0 Å². The van der Waals surface area contributed by atoms with Crippen LogP contribution in [0.3, 0.4) is 0 Å². The summed E-state index contributed by atoms with van der Waals surface area (Å²) in [5, 5.41) is 0.445. The van der Waals surface area contributed by atoms with E-state index < -0.39 is 11.5 Å². The number of nitrogens with zero attached hydrogens (tertiary/aromatic N) is 3. The molecule has 1 aliphatic rings. The predicted octanol–water partition coefficient (Wildman–Crippen LogP) is 1.83. The van der Waals surface area contributed by atoms with Crippen molar-refractivity contribution in [2.24, 2.45) is 0 Å². The van der Waals surface area contributed by atoms with Gasteiger partial charge in [0.15, 0.2) is 5.16 Å². The van der Waals surface area contributed by atoms with Crippen LogP contribution in [-0.2, 0) is 11.3 Å². The minimum absolute atomic E-state index is 0.139. The second-order valence-corrected chi connectivity index (χ2v) is 6.77. The lowest BCUT2D eigenvalue weighted by Crippen LogP contribution is -2.33. The molecule has 28 heavy (non-hydrogen) atoms. The molecule has 9 heteroatoms. The van der Waals surface area contributed by atoms with Gasteiger partial charge < -0.3 is 4.74 Å². The molecular weight excluding hydrogens is 382 g/mol. The van der Waals surface area contributed by atoms with Crippen LogP contribution in [0.1, 0.15) is 44.4 Å². The van der Waals surface area contributed by atoms with Gasteiger partial charge in [-0.2, -0.15) is 0 Å². The highest BCUT2D eigenvalue weighted by molar-refractivity contribution is 7.98. The second-order valence-electron chi connectivity index (χ2n) is 6.00. The molecule has 0 fully saturated rings. The molecule has 3 rings (SSSR count). The van der Waals surface area contributed by atoms with Crippen LogP contribution in [0.5, 0.6) is 0 Å². The largest absolute Gasteiger partial charge is 0.462 e. The van der Waals surface area contributed by atoms with E-state index in [1.165, 1.54) is 27.4 Å². The molecule has 0 unspecified atom stereocenters. The number of carbonyl (C=O) groups is 3. The van der Waals surface area contributed by atoms with Crippen molar-refractivity contribution < 1.29 is 19.1 Å². The zero-order valence-electron chi connectivity index (χ0n) is 15.5. The number of rotatable bonds is 7. The van der Waals surface area contributed by atoms with Gasteiger partial charge in [-0.05, 0) is 31.7 Å². The molecule has 0 saturated heterocycles. The number of amides is 2. The molecule has 1 aromatic heterocycles. The number of ether oxygens (including phenoxy) is 1. The van der Waals surface area contributed by atoms with Gasteiger partial charge in [-0.3, -0.25) is 23.9 Å². The molecule has 2 aromatic rings. The number of benzene rings is 1. The Morgan fingerprint density at radius 2 is 1.75 bits per heavy atom. The van der Waals surface area contributed by atoms with Crippen molar-refractivity contribution in [1.82, 2.24) is 14.5 Å². The summed E-state index contributed by atoms with van der Waals surface area (Å²) < 4.78 is 6.26. The van der Waals surface area contributed by atoms with E-state index in [1.807, 2.05) is 0 Å². The fourth-order valence-corrected chi connectivity index (χ4v) is 3.57. The summed E-state index contributed by atoms with van der Waals surface area (Å²) in [6.45, 7) is 2.18. The van der Waals surface area contributed by atoms with Crippen LogP contribution in [0.15, 0.2) is 40.4 Å². The number of carbonyl (C=O) groups excluding carboxylic acids is 3. The molecular formula is C19H19N3O5S. The maximum absolute atomic E-state index is 12.7. The predicted molar refractivity (Wildman–Crippen MR) is 103 cm³/mol. The lowest BCUT2D eigenvalue weighted by Gasteiger charge is -2.15. The van der Waals surface area contributed by atoms with Crippen molar-refractivity contribution in [3.05, 3.63) is 57.5 Å². The third-order valence-corrected chi connectivity index (χ3v) is 5.02. The van der Waals surface area contributed by atoms with Crippen LogP contribution in [0, 0.1) is 0 Å². The molecule has 2 heterocycles. The molecule has 1 aliphatic heterocycles. The van der Waals surface area contributed by atoms with Crippen molar-refractivity contribution in [2.75, 3.05) is 19.4 Å². The first kappa shape index (κ1) is 19.8. The SMILES string of the molecule is CCOC(=O)c1cnc(SC)n(CCCN2C(=O)c3ccccc3C2=O)c1=O. The van der Waals surface area contributed by atoms with Crippen LogP contribution in [0.25, 0.3) is 0 Å². The Morgan fingerprint density at radius 1 is 1.11 bits per heavy atom. The summed E-state index contributed by atoms with van der Waals surface area (Å²) >= 11 is 1.27. The molecule has 0 saturated carbocycles. The van der Waals surface area contributed by atoms with Crippen molar-refractivity contribution in [3.8, 4) is 0 Å². The van der Waals surface area contributed by atoms with Crippen molar-refractivity contribution in [1.29, 1.82) is 0 Å². The van der Waals surface area contributed by atoms with Gasteiger partial charge in [0, 0.05) is 19.3 Å². The Balaban J connectivity index is 1.76. The molecule has 1 aromatic carbocycles. The number of hydrogen-bond acceptors (Lipinski definition) is 7. The highest BCUT2D eigenvalue weighted by Gasteiger charge is 2.34. The smallest absolute Gasteiger partial charge is 0.345 e. The van der Waals surface area contributed by atoms with Crippen molar-refractivity contribution >= 4 is 29.5 Å². The number of thioether (sulfide) groups is 1. The molecule has 0 bridgehead atoms. The maximum atomic E-state index is 12.7. The van der Waals surface area contributed by atoms with Crippen LogP contribution in [0.2, 0.25) is 0 Å². The Morgan fingerprint density at radius 3 is 2.32 bits per heavy atom. The van der Waals surface area contributed by atoms with Gasteiger partial charge in [0.25, 0.3) is 17.4 Å². The number of imide groups is 1. The average molecular weight is 401 g/mol. The number of aromatic nitrogens is 2. The minimum atomic E-state index is -0.721. The lowest BCUT2D eigenvalue weighted by molar-refractivity contribution is 0.0521. The zero-order valence-corrected chi connectivity index (χ0v) is 16.3. The van der Waals surface area contributed by atoms with Crippen LogP contribution in [-0.4, -0.2) is 51.6 Å². The summed E-state index contributed by atoms with van der Waals surface area (Å²) in [6, 6.07) is 6.67. The lowest BCUT2D eigenvalue weighted by atomic mass is 10.1. The van der Waals surface area contributed by atoms with E-state index in [1.54, 1.807) is 37.4 Å². The van der Waals surface area contributed by atoms with E-state index in [-0.39, 0.29) is 37.1 Å². The minimum Gasteiger partial charge on any atom is -0.462 e. The van der Waals surface area contributed by atoms with Gasteiger partial charge in [0.1, 0.15) is 5.56 Å². The number of esters is 1. The van der Waals surface area contributed by atoms with E-state index in [4.69, 9.17) is 4.74 Å². The van der Waals surface area contributed by atoms with Crippen LogP contribution in [0.4, 0.5) is 0 Å². The van der Waals surface area contributed by atoms with Gasteiger partial charge in [-0.25, -0.2) is 9.78 Å². The van der Waals surface area contributed by atoms with E-state index in [2.05, 4.69) is 4.98 Å². The fourth-order valence-electron chi connectivity index (χ4n) is 3.02. The van der Waals surface area contributed by atoms with Gasteiger partial charge >= 0.3 is 5.97 Å². The quantitative estimate of drug-likeness (QED) is 0.302. The Hall–Kier alpha value is -2.94. The summed E-state index contributed by atoms with van der Waals surface area (Å²) in [5.74, 6) is -1.39. The molecule has 0 atom stereocenters. The first-order chi connectivity index (χ1) is 13.5. The summed E-state index contributed by atoms with van der Waals surface area (Å²) in [6.07, 6.45) is 3.34. The Kier molecular flexibility index (Phi) is 5.93. The van der Waals surface area contributed by atoms with Crippen LogP contribution < -0.4 is 5.56 Å². The van der Waals surface area contributed by atoms with Gasteiger partial charge in [0.2, 0.25) is 0 Å². The Bertz CT molecular complexity index is 966. The summed E-state index contributed by atoms with van der Waals surface area (Å²) in [5.41, 5.74) is 0.140. The normalized spacial score (nSPS) is 13.0. The molecule has 0 N–H and O–H groups in total. The first-order valence-corrected chi connectivity index (χ1v) is 9.98. The first-order valence-electron chi connectivity index (χ1n) is 8.75. The summed E-state index contributed by atoms with van der Waals surface area (Å²) in [4.78, 5) is 54.7. The average Bonchev–Trinajstić information content (AvgIpc) is 2.94. The maximum Gasteiger partial charge on any atom is 0.345 e. The van der Waals surface area contributed by atoms with Gasteiger partial charge in [-0.15, -0.1) is 0 Å². The third-order valence-electron chi connectivity index (χ3n) is 4.33. The number of fused-ring (bicyclic) bond motifs is 1. The molecule has 0 radical (unpaired) electrons. The van der Waals surface area contributed by atoms with Crippen molar-refractivity contribution in [3.63, 3.8) is 0 Å². The monoisotopic (exact) mass is 401 g/mol. The second kappa shape index (κ2) is 8.39. The molecule has 0 aliphatic carbocycles. The highest BCUT2D eigenvalue weighted by Crippen LogP contribution is 2.22. The fraction of sp³-hybridized carbons (Fsp3) is 0.316. The summed E-state index contributed by atoms with van der Waals surface area (Å²) in [7, 11) is 0. The molecule has 2 amide bonds. The standard InChI is InChI=1S/C19H19N3O5S/c1-3-27-18(26)14-11-20-19(28-2)22(17(14)25)10-6-9-21-15(23)12-7-4-5-8-13(12)16(21)24/h4-5,7-8,11H,3,6,9-10H2,1-2H3. The number of hydrogen-bond donors (Lipinski definition) is 0. The third kappa shape index (κ3) is 3.57. The van der Waals surface area contributed by atoms with E-state index in [9.17, 15) is 19.2 Å². The highest BCUT2D eigenvalue weighted by atomic mass is 32.2. The molecule has 146 valence electrons. The molecule has 0 spiro atoms. The van der Waals surface area contributed by atoms with Gasteiger partial charge in [-0.1, -0.05) is 23.9 Å². The van der Waals surface area contributed by atoms with Crippen LogP contribution >= 0.6 is 11.8 Å². The molecule has 8 nitrogen and oxygen atoms in total. The Labute approximate surface area is 165 Å². The van der Waals surface area contributed by atoms with Crippen molar-refractivity contribution in [2.45, 2.75) is 25.0 Å². The van der Waals surface area contributed by atoms with E-state index in [0.29, 0.717) is 22.7 Å². The van der Waals surface area contributed by atoms with Gasteiger partial charge in [0.05, 0.1) is 17.7 Å². The topological polar surface area (TPSA) is 98.6 Å².